The average Bonchev–Trinajstić information content (AvgIpc) is 3.07. The van der Waals surface area contributed by atoms with Crippen molar-refractivity contribution in [2.45, 2.75) is 48.4 Å². The minimum absolute atomic E-state index is 0.351. The Morgan fingerprint density at radius 1 is 0.960 bits per heavy atom. The number of nitrogens with zero attached hydrogens (tertiary/aromatic N) is 3. The summed E-state index contributed by atoms with van der Waals surface area (Å²) >= 11 is 1.16. The van der Waals surface area contributed by atoms with Gasteiger partial charge in [-0.2, -0.15) is 0 Å². The second-order valence-electron chi connectivity index (χ2n) is 7.08. The Morgan fingerprint density at radius 2 is 1.72 bits per heavy atom. The third-order valence-electron chi connectivity index (χ3n) is 5.54. The highest BCUT2D eigenvalue weighted by Crippen LogP contribution is 2.46. The van der Waals surface area contributed by atoms with Crippen LogP contribution in [0.25, 0.3) is 0 Å². The Morgan fingerprint density at radius 3 is 2.36 bits per heavy atom. The van der Waals surface area contributed by atoms with Crippen molar-refractivity contribution < 1.29 is 8.78 Å². The van der Waals surface area contributed by atoms with Crippen LogP contribution in [0.5, 0.6) is 0 Å². The Kier molecular flexibility index (Phi) is 4.63. The van der Waals surface area contributed by atoms with Crippen LogP contribution < -0.4 is 4.90 Å². The Labute approximate surface area is 150 Å². The van der Waals surface area contributed by atoms with Crippen LogP contribution in [-0.2, 0) is 0 Å². The first-order valence-electron chi connectivity index (χ1n) is 8.84. The number of hydrogen-bond acceptors (Lipinski definition) is 4. The van der Waals surface area contributed by atoms with Crippen LogP contribution in [0.3, 0.4) is 0 Å². The van der Waals surface area contributed by atoms with E-state index in [4.69, 9.17) is 0 Å². The molecule has 2 fully saturated rings. The minimum Gasteiger partial charge on any atom is -0.355 e. The third kappa shape index (κ3) is 3.64. The summed E-state index contributed by atoms with van der Waals surface area (Å²) in [5, 5.41) is 0.610. The second kappa shape index (κ2) is 6.90. The van der Waals surface area contributed by atoms with E-state index in [0.717, 1.165) is 36.7 Å². The number of anilines is 1. The van der Waals surface area contributed by atoms with Gasteiger partial charge >= 0.3 is 0 Å². The van der Waals surface area contributed by atoms with Gasteiger partial charge < -0.3 is 4.90 Å². The quantitative estimate of drug-likeness (QED) is 0.763. The number of piperidine rings is 1. The van der Waals surface area contributed by atoms with Crippen molar-refractivity contribution in [3.63, 3.8) is 0 Å². The molecule has 1 saturated carbocycles. The maximum absolute atomic E-state index is 13.7. The van der Waals surface area contributed by atoms with E-state index in [0.29, 0.717) is 15.3 Å². The molecule has 0 bridgehead atoms. The van der Waals surface area contributed by atoms with Gasteiger partial charge in [-0.15, -0.1) is 0 Å². The molecule has 132 valence electrons. The van der Waals surface area contributed by atoms with Crippen molar-refractivity contribution in [2.24, 2.45) is 5.41 Å². The van der Waals surface area contributed by atoms with Crippen molar-refractivity contribution in [1.82, 2.24) is 9.97 Å². The molecule has 2 heterocycles. The Hall–Kier alpha value is -1.69. The fourth-order valence-electron chi connectivity index (χ4n) is 4.03. The van der Waals surface area contributed by atoms with Crippen LogP contribution in [-0.4, -0.2) is 23.1 Å². The van der Waals surface area contributed by atoms with Gasteiger partial charge in [0, 0.05) is 24.1 Å². The van der Waals surface area contributed by atoms with Crippen LogP contribution in [0.15, 0.2) is 40.5 Å². The van der Waals surface area contributed by atoms with Gasteiger partial charge in [0.05, 0.1) is 12.4 Å². The summed E-state index contributed by atoms with van der Waals surface area (Å²) in [5.41, 5.74) is 0.583. The molecule has 25 heavy (non-hydrogen) atoms. The van der Waals surface area contributed by atoms with E-state index < -0.39 is 11.6 Å². The smallest absolute Gasteiger partial charge is 0.147 e. The number of benzene rings is 1. The van der Waals surface area contributed by atoms with Crippen LogP contribution >= 0.6 is 11.8 Å². The first-order valence-corrected chi connectivity index (χ1v) is 9.65. The monoisotopic (exact) mass is 361 g/mol. The van der Waals surface area contributed by atoms with Crippen molar-refractivity contribution in [3.8, 4) is 0 Å². The SMILES string of the molecule is Fc1ccc(Sc2cnc(N3CCC4(CCCC4)CC3)cn2)c(F)c1. The van der Waals surface area contributed by atoms with Gasteiger partial charge in [0.1, 0.15) is 22.5 Å². The first-order chi connectivity index (χ1) is 12.1. The molecule has 0 N–H and O–H groups in total. The summed E-state index contributed by atoms with van der Waals surface area (Å²) in [4.78, 5) is 11.6. The summed E-state index contributed by atoms with van der Waals surface area (Å²) in [6, 6.07) is 3.56. The highest BCUT2D eigenvalue weighted by molar-refractivity contribution is 7.99. The van der Waals surface area contributed by atoms with E-state index in [9.17, 15) is 8.78 Å². The fourth-order valence-corrected chi connectivity index (χ4v) is 4.76. The molecule has 2 aromatic rings. The molecule has 1 aromatic carbocycles. The summed E-state index contributed by atoms with van der Waals surface area (Å²) in [6.45, 7) is 2.07. The van der Waals surface area contributed by atoms with Gasteiger partial charge in [0.2, 0.25) is 0 Å². The molecule has 3 nitrogen and oxygen atoms in total. The highest BCUT2D eigenvalue weighted by Gasteiger charge is 2.37. The topological polar surface area (TPSA) is 29.0 Å². The van der Waals surface area contributed by atoms with E-state index in [1.165, 1.54) is 50.7 Å². The summed E-state index contributed by atoms with van der Waals surface area (Å²) in [6.07, 6.45) is 11.4. The predicted molar refractivity (Wildman–Crippen MR) is 94.9 cm³/mol. The lowest BCUT2D eigenvalue weighted by molar-refractivity contribution is 0.226. The highest BCUT2D eigenvalue weighted by atomic mass is 32.2. The molecule has 2 aliphatic rings. The molecule has 0 atom stereocenters. The third-order valence-corrected chi connectivity index (χ3v) is 6.51. The van der Waals surface area contributed by atoms with Crippen LogP contribution in [0.1, 0.15) is 38.5 Å². The van der Waals surface area contributed by atoms with Crippen molar-refractivity contribution in [2.75, 3.05) is 18.0 Å². The summed E-state index contributed by atoms with van der Waals surface area (Å²) in [7, 11) is 0. The Balaban J connectivity index is 1.40. The van der Waals surface area contributed by atoms with Crippen molar-refractivity contribution in [1.29, 1.82) is 0 Å². The first kappa shape index (κ1) is 16.8. The number of hydrogen-bond donors (Lipinski definition) is 0. The molecule has 4 rings (SSSR count). The van der Waals surface area contributed by atoms with E-state index in [1.54, 1.807) is 12.4 Å². The zero-order valence-corrected chi connectivity index (χ0v) is 14.9. The molecular weight excluding hydrogens is 340 g/mol. The van der Waals surface area contributed by atoms with E-state index in [1.807, 2.05) is 0 Å². The van der Waals surface area contributed by atoms with Gasteiger partial charge in [-0.25, -0.2) is 18.7 Å². The lowest BCUT2D eigenvalue weighted by Gasteiger charge is -2.39. The summed E-state index contributed by atoms with van der Waals surface area (Å²) in [5.74, 6) is -0.265. The van der Waals surface area contributed by atoms with Crippen LogP contribution in [0.2, 0.25) is 0 Å². The van der Waals surface area contributed by atoms with Crippen molar-refractivity contribution >= 4 is 17.6 Å². The molecule has 0 unspecified atom stereocenters. The average molecular weight is 361 g/mol. The zero-order chi connectivity index (χ0) is 17.3. The minimum atomic E-state index is -0.576. The maximum Gasteiger partial charge on any atom is 0.147 e. The number of rotatable bonds is 3. The number of halogens is 2. The predicted octanol–water partition coefficient (Wildman–Crippen LogP) is 5.07. The molecule has 0 amide bonds. The summed E-state index contributed by atoms with van der Waals surface area (Å²) < 4.78 is 26.7. The molecule has 1 aliphatic heterocycles. The number of aromatic nitrogens is 2. The normalized spacial score (nSPS) is 19.5. The van der Waals surface area contributed by atoms with Crippen LogP contribution in [0, 0.1) is 17.0 Å². The second-order valence-corrected chi connectivity index (χ2v) is 8.15. The van der Waals surface area contributed by atoms with E-state index in [-0.39, 0.29) is 0 Å². The maximum atomic E-state index is 13.7. The molecule has 1 aliphatic carbocycles. The van der Waals surface area contributed by atoms with Gasteiger partial charge in [0.15, 0.2) is 0 Å². The van der Waals surface area contributed by atoms with Gasteiger partial charge in [-0.1, -0.05) is 24.6 Å². The largest absolute Gasteiger partial charge is 0.355 e. The molecule has 0 radical (unpaired) electrons. The fraction of sp³-hybridized carbons (Fsp3) is 0.474. The molecular formula is C19H21F2N3S. The van der Waals surface area contributed by atoms with Gasteiger partial charge in [0.25, 0.3) is 0 Å². The standard InChI is InChI=1S/C19H21F2N3S/c20-14-3-4-16(15(21)11-14)25-18-13-22-17(12-23-18)24-9-7-19(8-10-24)5-1-2-6-19/h3-4,11-13H,1-2,5-10H2. The van der Waals surface area contributed by atoms with E-state index >= 15 is 0 Å². The zero-order valence-electron chi connectivity index (χ0n) is 14.0. The molecule has 1 aromatic heterocycles. The lowest BCUT2D eigenvalue weighted by Crippen LogP contribution is -2.39. The van der Waals surface area contributed by atoms with Gasteiger partial charge in [-0.05, 0) is 43.2 Å². The van der Waals surface area contributed by atoms with Crippen molar-refractivity contribution in [3.05, 3.63) is 42.2 Å². The molecule has 1 saturated heterocycles. The lowest BCUT2D eigenvalue weighted by atomic mass is 9.77. The Bertz CT molecular complexity index is 735. The van der Waals surface area contributed by atoms with Gasteiger partial charge in [-0.3, -0.25) is 0 Å². The van der Waals surface area contributed by atoms with Crippen LogP contribution in [0.4, 0.5) is 14.6 Å². The molecule has 1 spiro atoms. The molecule has 6 heteroatoms. The van der Waals surface area contributed by atoms with E-state index in [2.05, 4.69) is 14.9 Å².